The van der Waals surface area contributed by atoms with Crippen LogP contribution in [0.2, 0.25) is 0 Å². The molecule has 0 aliphatic carbocycles. The first-order valence-electron chi connectivity index (χ1n) is 6.24. The van der Waals surface area contributed by atoms with Crippen molar-refractivity contribution in [2.45, 2.75) is 46.1 Å². The van der Waals surface area contributed by atoms with Crippen molar-refractivity contribution in [3.8, 4) is 0 Å². The summed E-state index contributed by atoms with van der Waals surface area (Å²) >= 11 is 0. The van der Waals surface area contributed by atoms with Gasteiger partial charge in [-0.25, -0.2) is 0 Å². The van der Waals surface area contributed by atoms with Crippen LogP contribution in [0.3, 0.4) is 0 Å². The van der Waals surface area contributed by atoms with E-state index in [2.05, 4.69) is 58.9 Å². The van der Waals surface area contributed by atoms with E-state index in [-0.39, 0.29) is 16.9 Å². The van der Waals surface area contributed by atoms with Gasteiger partial charge in [-0.15, -0.1) is 0 Å². The average Bonchev–Trinajstić information content (AvgIpc) is 2.27. The minimum Gasteiger partial charge on any atom is -0.330 e. The predicted molar refractivity (Wildman–Crippen MR) is 74.9 cm³/mol. The highest BCUT2D eigenvalue weighted by Crippen LogP contribution is 2.31. The molecule has 0 saturated heterocycles. The second kappa shape index (κ2) is 4.79. The molecule has 1 aromatic rings. The van der Waals surface area contributed by atoms with Crippen LogP contribution >= 0.6 is 0 Å². The van der Waals surface area contributed by atoms with Gasteiger partial charge in [0, 0.05) is 6.04 Å². The Balaban J connectivity index is 2.96. The molecule has 1 atom stereocenters. The van der Waals surface area contributed by atoms with Crippen molar-refractivity contribution in [2.24, 2.45) is 16.9 Å². The van der Waals surface area contributed by atoms with Crippen LogP contribution in [0.5, 0.6) is 0 Å². The summed E-state index contributed by atoms with van der Waals surface area (Å²) in [5.74, 6) is 0. The molecule has 0 aliphatic rings. The van der Waals surface area contributed by atoms with E-state index in [0.717, 1.165) is 5.56 Å². The van der Waals surface area contributed by atoms with Crippen LogP contribution in [0.25, 0.3) is 0 Å². The molecule has 4 N–H and O–H groups in total. The topological polar surface area (TPSA) is 52.0 Å². The minimum absolute atomic E-state index is 0.0125. The summed E-state index contributed by atoms with van der Waals surface area (Å²) < 4.78 is 0. The van der Waals surface area contributed by atoms with E-state index in [1.165, 1.54) is 5.56 Å². The molecule has 96 valence electrons. The van der Waals surface area contributed by atoms with E-state index in [1.807, 2.05) is 0 Å². The van der Waals surface area contributed by atoms with Crippen molar-refractivity contribution in [3.63, 3.8) is 0 Å². The minimum atomic E-state index is -0.0662. The molecule has 0 saturated carbocycles. The molecule has 0 amide bonds. The molecule has 0 aliphatic heterocycles. The van der Waals surface area contributed by atoms with E-state index in [9.17, 15) is 0 Å². The Morgan fingerprint density at radius 1 is 1.00 bits per heavy atom. The van der Waals surface area contributed by atoms with Gasteiger partial charge >= 0.3 is 0 Å². The first-order valence-corrected chi connectivity index (χ1v) is 6.24. The van der Waals surface area contributed by atoms with Gasteiger partial charge in [0.15, 0.2) is 0 Å². The Kier molecular flexibility index (Phi) is 4.00. The number of hydrogen-bond acceptors (Lipinski definition) is 2. The number of rotatable bonds is 3. The molecule has 1 unspecified atom stereocenters. The van der Waals surface area contributed by atoms with Crippen LogP contribution in [-0.2, 0) is 5.41 Å². The lowest BCUT2D eigenvalue weighted by molar-refractivity contribution is 0.301. The van der Waals surface area contributed by atoms with Crippen molar-refractivity contribution in [2.75, 3.05) is 6.54 Å². The largest absolute Gasteiger partial charge is 0.330 e. The molecule has 0 bridgehead atoms. The molecule has 2 nitrogen and oxygen atoms in total. The molecular weight excluding hydrogens is 208 g/mol. The van der Waals surface area contributed by atoms with Gasteiger partial charge in [-0.2, -0.15) is 0 Å². The standard InChI is InChI=1S/C15H26N2/c1-14(2,3)12-8-6-11(7-9-12)13(17)15(4,5)10-16/h6-9,13H,10,16-17H2,1-5H3. The van der Waals surface area contributed by atoms with Gasteiger partial charge in [-0.1, -0.05) is 58.9 Å². The molecule has 1 aromatic carbocycles. The lowest BCUT2D eigenvalue weighted by Crippen LogP contribution is -2.35. The summed E-state index contributed by atoms with van der Waals surface area (Å²) in [6, 6.07) is 8.58. The van der Waals surface area contributed by atoms with Gasteiger partial charge in [-0.3, -0.25) is 0 Å². The van der Waals surface area contributed by atoms with Crippen LogP contribution < -0.4 is 11.5 Å². The molecule has 0 fully saturated rings. The summed E-state index contributed by atoms with van der Waals surface area (Å²) in [7, 11) is 0. The summed E-state index contributed by atoms with van der Waals surface area (Å²) in [5.41, 5.74) is 14.6. The Hall–Kier alpha value is -0.860. The van der Waals surface area contributed by atoms with Gasteiger partial charge in [0.2, 0.25) is 0 Å². The zero-order valence-corrected chi connectivity index (χ0v) is 11.7. The smallest absolute Gasteiger partial charge is 0.0358 e. The van der Waals surface area contributed by atoms with Crippen molar-refractivity contribution < 1.29 is 0 Å². The van der Waals surface area contributed by atoms with Crippen LogP contribution in [0, 0.1) is 5.41 Å². The fourth-order valence-electron chi connectivity index (χ4n) is 1.77. The summed E-state index contributed by atoms with van der Waals surface area (Å²) in [5, 5.41) is 0. The highest BCUT2D eigenvalue weighted by Gasteiger charge is 2.26. The molecule has 17 heavy (non-hydrogen) atoms. The van der Waals surface area contributed by atoms with Gasteiger partial charge in [-0.05, 0) is 28.5 Å². The molecular formula is C15H26N2. The predicted octanol–water partition coefficient (Wildman–Crippen LogP) is 2.97. The Morgan fingerprint density at radius 3 is 1.82 bits per heavy atom. The Morgan fingerprint density at radius 2 is 1.47 bits per heavy atom. The average molecular weight is 234 g/mol. The van der Waals surface area contributed by atoms with Gasteiger partial charge < -0.3 is 11.5 Å². The zero-order valence-electron chi connectivity index (χ0n) is 11.7. The summed E-state index contributed by atoms with van der Waals surface area (Å²) in [6.07, 6.45) is 0. The lowest BCUT2D eigenvalue weighted by atomic mass is 9.80. The normalized spacial score (nSPS) is 14.8. The SMILES string of the molecule is CC(C)(C)c1ccc(C(N)C(C)(C)CN)cc1. The quantitative estimate of drug-likeness (QED) is 0.844. The Labute approximate surface area is 105 Å². The summed E-state index contributed by atoms with van der Waals surface area (Å²) in [4.78, 5) is 0. The molecule has 0 radical (unpaired) electrons. The first-order chi connectivity index (χ1) is 7.68. The third-order valence-electron chi connectivity index (χ3n) is 3.50. The third-order valence-corrected chi connectivity index (χ3v) is 3.50. The van der Waals surface area contributed by atoms with Crippen molar-refractivity contribution >= 4 is 0 Å². The van der Waals surface area contributed by atoms with Crippen LogP contribution in [0.15, 0.2) is 24.3 Å². The fraction of sp³-hybridized carbons (Fsp3) is 0.600. The monoisotopic (exact) mass is 234 g/mol. The van der Waals surface area contributed by atoms with Gasteiger partial charge in [0.25, 0.3) is 0 Å². The number of hydrogen-bond donors (Lipinski definition) is 2. The molecule has 0 heterocycles. The maximum atomic E-state index is 6.26. The van der Waals surface area contributed by atoms with E-state index >= 15 is 0 Å². The maximum absolute atomic E-state index is 6.26. The highest BCUT2D eigenvalue weighted by molar-refractivity contribution is 5.30. The van der Waals surface area contributed by atoms with Crippen molar-refractivity contribution in [3.05, 3.63) is 35.4 Å². The molecule has 0 spiro atoms. The second-order valence-electron chi connectivity index (χ2n) is 6.54. The zero-order chi connectivity index (χ0) is 13.3. The molecule has 2 heteroatoms. The maximum Gasteiger partial charge on any atom is 0.0358 e. The van der Waals surface area contributed by atoms with Crippen molar-refractivity contribution in [1.82, 2.24) is 0 Å². The van der Waals surface area contributed by atoms with E-state index in [0.29, 0.717) is 6.54 Å². The summed E-state index contributed by atoms with van der Waals surface area (Å²) in [6.45, 7) is 11.4. The number of benzene rings is 1. The van der Waals surface area contributed by atoms with E-state index in [4.69, 9.17) is 11.5 Å². The van der Waals surface area contributed by atoms with E-state index < -0.39 is 0 Å². The fourth-order valence-corrected chi connectivity index (χ4v) is 1.77. The van der Waals surface area contributed by atoms with Crippen LogP contribution in [0.4, 0.5) is 0 Å². The highest BCUT2D eigenvalue weighted by atomic mass is 14.7. The van der Waals surface area contributed by atoms with Gasteiger partial charge in [0.1, 0.15) is 0 Å². The number of nitrogens with two attached hydrogens (primary N) is 2. The first kappa shape index (κ1) is 14.2. The van der Waals surface area contributed by atoms with Crippen LogP contribution in [-0.4, -0.2) is 6.54 Å². The van der Waals surface area contributed by atoms with Crippen LogP contribution in [0.1, 0.15) is 51.8 Å². The third kappa shape index (κ3) is 3.30. The van der Waals surface area contributed by atoms with Crippen molar-refractivity contribution in [1.29, 1.82) is 0 Å². The Bertz CT molecular complexity index is 358. The van der Waals surface area contributed by atoms with E-state index in [1.54, 1.807) is 0 Å². The molecule has 0 aromatic heterocycles. The van der Waals surface area contributed by atoms with Gasteiger partial charge in [0.05, 0.1) is 0 Å². The molecule has 1 rings (SSSR count). The second-order valence-corrected chi connectivity index (χ2v) is 6.54. The lowest BCUT2D eigenvalue weighted by Gasteiger charge is -2.31.